The first-order valence-corrected chi connectivity index (χ1v) is 10.9. The predicted molar refractivity (Wildman–Crippen MR) is 125 cm³/mol. The first-order chi connectivity index (χ1) is 15.3. The van der Waals surface area contributed by atoms with Crippen LogP contribution >= 0.6 is 0 Å². The predicted octanol–water partition coefficient (Wildman–Crippen LogP) is 4.57. The minimum absolute atomic E-state index is 0.0190. The Morgan fingerprint density at radius 1 is 1.16 bits per heavy atom. The summed E-state index contributed by atoms with van der Waals surface area (Å²) < 4.78 is 12.7. The van der Waals surface area contributed by atoms with Crippen molar-refractivity contribution in [3.63, 3.8) is 0 Å². The number of methoxy groups -OCH3 is 2. The van der Waals surface area contributed by atoms with Gasteiger partial charge in [0.25, 0.3) is 0 Å². The van der Waals surface area contributed by atoms with E-state index in [0.717, 1.165) is 29.7 Å². The van der Waals surface area contributed by atoms with Crippen molar-refractivity contribution >= 4 is 5.91 Å². The van der Waals surface area contributed by atoms with E-state index in [9.17, 15) is 4.79 Å². The number of nitrogens with one attached hydrogen (secondary N) is 1. The summed E-state index contributed by atoms with van der Waals surface area (Å²) in [6, 6.07) is 13.8. The maximum atomic E-state index is 13.0. The first-order valence-electron chi connectivity index (χ1n) is 10.9. The van der Waals surface area contributed by atoms with Crippen molar-refractivity contribution in [2.45, 2.75) is 46.1 Å². The summed E-state index contributed by atoms with van der Waals surface area (Å²) in [5.41, 5.74) is 5.47. The molecule has 0 saturated heterocycles. The van der Waals surface area contributed by atoms with Crippen LogP contribution in [0.4, 0.5) is 0 Å². The van der Waals surface area contributed by atoms with Crippen molar-refractivity contribution < 1.29 is 14.3 Å². The van der Waals surface area contributed by atoms with Crippen LogP contribution in [0.15, 0.2) is 48.7 Å². The molecule has 32 heavy (non-hydrogen) atoms. The molecule has 1 amide bonds. The van der Waals surface area contributed by atoms with E-state index in [1.165, 1.54) is 11.3 Å². The fourth-order valence-electron chi connectivity index (χ4n) is 4.60. The molecular weight excluding hydrogens is 402 g/mol. The largest absolute Gasteiger partial charge is 0.493 e. The molecule has 1 unspecified atom stereocenters. The van der Waals surface area contributed by atoms with Crippen molar-refractivity contribution in [1.29, 1.82) is 0 Å². The molecule has 0 radical (unpaired) electrons. The van der Waals surface area contributed by atoms with Gasteiger partial charge in [0.2, 0.25) is 5.91 Å². The maximum absolute atomic E-state index is 13.0. The molecule has 3 aromatic rings. The Bertz CT molecular complexity index is 1130. The summed E-state index contributed by atoms with van der Waals surface area (Å²) in [4.78, 5) is 13.0. The van der Waals surface area contributed by atoms with Gasteiger partial charge >= 0.3 is 0 Å². The Balaban J connectivity index is 1.58. The van der Waals surface area contributed by atoms with Crippen LogP contribution in [0.3, 0.4) is 0 Å². The normalized spacial score (nSPS) is 16.8. The minimum atomic E-state index is -0.0702. The van der Waals surface area contributed by atoms with Crippen molar-refractivity contribution in [2.75, 3.05) is 14.2 Å². The molecule has 1 aliphatic carbocycles. The van der Waals surface area contributed by atoms with Gasteiger partial charge in [-0.1, -0.05) is 38.1 Å². The molecule has 1 aromatic heterocycles. The topological polar surface area (TPSA) is 65.4 Å². The SMILES string of the molecule is COc1ccc(CC(=O)NC2CC(C)(C)Cc3c2cnn3-c2ccccc2C)cc1OC. The van der Waals surface area contributed by atoms with Gasteiger partial charge in [0, 0.05) is 5.56 Å². The van der Waals surface area contributed by atoms with Gasteiger partial charge < -0.3 is 14.8 Å². The Labute approximate surface area is 189 Å². The molecule has 1 N–H and O–H groups in total. The van der Waals surface area contributed by atoms with Crippen LogP contribution in [0.5, 0.6) is 11.5 Å². The number of carbonyl (C=O) groups excluding carboxylic acids is 1. The number of benzene rings is 2. The summed E-state index contributed by atoms with van der Waals surface area (Å²) in [6.07, 6.45) is 3.98. The molecule has 2 aromatic carbocycles. The van der Waals surface area contributed by atoms with Crippen molar-refractivity contribution in [3.05, 3.63) is 71.0 Å². The van der Waals surface area contributed by atoms with Crippen LogP contribution in [0.2, 0.25) is 0 Å². The van der Waals surface area contributed by atoms with E-state index in [0.29, 0.717) is 11.5 Å². The van der Waals surface area contributed by atoms with Gasteiger partial charge in [-0.05, 0) is 54.5 Å². The molecule has 0 spiro atoms. The Morgan fingerprint density at radius 3 is 2.62 bits per heavy atom. The number of ether oxygens (including phenoxy) is 2. The van der Waals surface area contributed by atoms with Gasteiger partial charge in [0.1, 0.15) is 0 Å². The summed E-state index contributed by atoms with van der Waals surface area (Å²) in [6.45, 7) is 6.59. The molecule has 0 bridgehead atoms. The number of hydrogen-bond donors (Lipinski definition) is 1. The molecule has 0 aliphatic heterocycles. The third kappa shape index (κ3) is 4.35. The van der Waals surface area contributed by atoms with E-state index in [1.807, 2.05) is 41.2 Å². The monoisotopic (exact) mass is 433 g/mol. The van der Waals surface area contributed by atoms with Gasteiger partial charge in [-0.25, -0.2) is 4.68 Å². The number of para-hydroxylation sites is 1. The highest BCUT2D eigenvalue weighted by molar-refractivity contribution is 5.79. The van der Waals surface area contributed by atoms with Gasteiger partial charge in [0.05, 0.1) is 44.3 Å². The Hall–Kier alpha value is -3.28. The zero-order valence-corrected chi connectivity index (χ0v) is 19.4. The quantitative estimate of drug-likeness (QED) is 0.618. The highest BCUT2D eigenvalue weighted by Gasteiger charge is 2.36. The Kier molecular flexibility index (Phi) is 5.96. The maximum Gasteiger partial charge on any atom is 0.224 e. The fraction of sp³-hybridized carbons (Fsp3) is 0.385. The molecular formula is C26H31N3O3. The summed E-state index contributed by atoms with van der Waals surface area (Å²) in [5.74, 6) is 1.26. The van der Waals surface area contributed by atoms with E-state index >= 15 is 0 Å². The van der Waals surface area contributed by atoms with Crippen LogP contribution < -0.4 is 14.8 Å². The third-order valence-corrected chi connectivity index (χ3v) is 6.17. The average Bonchev–Trinajstić information content (AvgIpc) is 3.16. The van der Waals surface area contributed by atoms with E-state index < -0.39 is 0 Å². The summed E-state index contributed by atoms with van der Waals surface area (Å²) >= 11 is 0. The lowest BCUT2D eigenvalue weighted by Crippen LogP contribution is -2.37. The number of fused-ring (bicyclic) bond motifs is 1. The molecule has 4 rings (SSSR count). The van der Waals surface area contributed by atoms with Crippen molar-refractivity contribution in [1.82, 2.24) is 15.1 Å². The number of amides is 1. The molecule has 6 heteroatoms. The van der Waals surface area contributed by atoms with Crippen LogP contribution in [0.1, 0.15) is 48.7 Å². The van der Waals surface area contributed by atoms with Gasteiger partial charge in [-0.15, -0.1) is 0 Å². The van der Waals surface area contributed by atoms with Crippen LogP contribution in [-0.2, 0) is 17.6 Å². The van der Waals surface area contributed by atoms with Crippen LogP contribution in [-0.4, -0.2) is 29.9 Å². The average molecular weight is 434 g/mol. The van der Waals surface area contributed by atoms with Crippen molar-refractivity contribution in [2.24, 2.45) is 5.41 Å². The second kappa shape index (κ2) is 8.69. The van der Waals surface area contributed by atoms with Crippen LogP contribution in [0, 0.1) is 12.3 Å². The fourth-order valence-corrected chi connectivity index (χ4v) is 4.60. The molecule has 1 atom stereocenters. The zero-order chi connectivity index (χ0) is 22.9. The highest BCUT2D eigenvalue weighted by Crippen LogP contribution is 2.41. The molecule has 6 nitrogen and oxygen atoms in total. The number of aromatic nitrogens is 2. The number of nitrogens with zero attached hydrogens (tertiary/aromatic N) is 2. The van der Waals surface area contributed by atoms with E-state index in [1.54, 1.807) is 14.2 Å². The number of carbonyl (C=O) groups is 1. The smallest absolute Gasteiger partial charge is 0.224 e. The lowest BCUT2D eigenvalue weighted by Gasteiger charge is -2.36. The lowest BCUT2D eigenvalue weighted by atomic mass is 9.74. The first kappa shape index (κ1) is 21.9. The van der Waals surface area contributed by atoms with Gasteiger partial charge in [0.15, 0.2) is 11.5 Å². The zero-order valence-electron chi connectivity index (χ0n) is 19.4. The molecule has 1 heterocycles. The number of rotatable bonds is 6. The summed E-state index contributed by atoms with van der Waals surface area (Å²) in [7, 11) is 3.20. The van der Waals surface area contributed by atoms with Crippen molar-refractivity contribution in [3.8, 4) is 17.2 Å². The third-order valence-electron chi connectivity index (χ3n) is 6.17. The van der Waals surface area contributed by atoms with E-state index in [2.05, 4.69) is 38.2 Å². The highest BCUT2D eigenvalue weighted by atomic mass is 16.5. The van der Waals surface area contributed by atoms with Gasteiger partial charge in [-0.3, -0.25) is 4.79 Å². The summed E-state index contributed by atoms with van der Waals surface area (Å²) in [5, 5.41) is 7.97. The standard InChI is InChI=1S/C26H31N3O3/c1-17-8-6-7-9-21(17)29-22-15-26(2,3)14-20(19(22)16-27-29)28-25(30)13-18-10-11-23(31-4)24(12-18)32-5/h6-12,16,20H,13-15H2,1-5H3,(H,28,30). The molecule has 0 saturated carbocycles. The number of aryl methyl sites for hydroxylation is 1. The number of hydrogen-bond acceptors (Lipinski definition) is 4. The Morgan fingerprint density at radius 2 is 1.91 bits per heavy atom. The molecule has 1 aliphatic rings. The van der Waals surface area contributed by atoms with Gasteiger partial charge in [-0.2, -0.15) is 5.10 Å². The molecule has 168 valence electrons. The van der Waals surface area contributed by atoms with E-state index in [-0.39, 0.29) is 23.8 Å². The molecule has 0 fully saturated rings. The second-order valence-electron chi connectivity index (χ2n) is 9.28. The van der Waals surface area contributed by atoms with E-state index in [4.69, 9.17) is 14.6 Å². The minimum Gasteiger partial charge on any atom is -0.493 e. The lowest BCUT2D eigenvalue weighted by molar-refractivity contribution is -0.121. The second-order valence-corrected chi connectivity index (χ2v) is 9.28. The van der Waals surface area contributed by atoms with Crippen LogP contribution in [0.25, 0.3) is 5.69 Å².